The van der Waals surface area contributed by atoms with Gasteiger partial charge in [0.25, 0.3) is 0 Å². The van der Waals surface area contributed by atoms with Gasteiger partial charge in [0.05, 0.1) is 12.6 Å². The molecule has 1 aliphatic rings. The lowest BCUT2D eigenvalue weighted by molar-refractivity contribution is 0.0970. The average molecular weight is 261 g/mol. The van der Waals surface area contributed by atoms with E-state index in [1.54, 1.807) is 12.1 Å². The SMILES string of the molecule is C#CCN(CC(O)c1ccc(F)cc1)C1CCCC1. The van der Waals surface area contributed by atoms with Crippen molar-refractivity contribution < 1.29 is 9.50 Å². The summed E-state index contributed by atoms with van der Waals surface area (Å²) in [6.07, 6.45) is 9.56. The van der Waals surface area contributed by atoms with Crippen molar-refractivity contribution >= 4 is 0 Å². The summed E-state index contributed by atoms with van der Waals surface area (Å²) in [5.74, 6) is 2.38. The molecule has 0 amide bonds. The van der Waals surface area contributed by atoms with E-state index in [1.165, 1.54) is 25.0 Å². The fourth-order valence-electron chi connectivity index (χ4n) is 2.74. The number of benzene rings is 1. The van der Waals surface area contributed by atoms with Crippen molar-refractivity contribution in [3.05, 3.63) is 35.6 Å². The molecule has 1 aromatic rings. The lowest BCUT2D eigenvalue weighted by Crippen LogP contribution is -2.37. The van der Waals surface area contributed by atoms with Gasteiger partial charge in [-0.3, -0.25) is 4.90 Å². The highest BCUT2D eigenvalue weighted by Gasteiger charge is 2.24. The Morgan fingerprint density at radius 3 is 2.53 bits per heavy atom. The minimum atomic E-state index is -0.616. The summed E-state index contributed by atoms with van der Waals surface area (Å²) in [5.41, 5.74) is 0.737. The molecular formula is C16H20FNO. The maximum atomic E-state index is 12.9. The summed E-state index contributed by atoms with van der Waals surface area (Å²) in [7, 11) is 0. The molecule has 0 saturated heterocycles. The molecule has 2 nitrogen and oxygen atoms in total. The molecule has 1 aromatic carbocycles. The Bertz CT molecular complexity index is 431. The van der Waals surface area contributed by atoms with Crippen LogP contribution in [0.25, 0.3) is 0 Å². The fraction of sp³-hybridized carbons (Fsp3) is 0.500. The van der Waals surface area contributed by atoms with E-state index in [0.717, 1.165) is 18.4 Å². The smallest absolute Gasteiger partial charge is 0.123 e. The molecule has 0 spiro atoms. The third-order valence-electron chi connectivity index (χ3n) is 3.80. The van der Waals surface area contributed by atoms with Crippen LogP contribution in [0.5, 0.6) is 0 Å². The van der Waals surface area contributed by atoms with E-state index in [4.69, 9.17) is 6.42 Å². The van der Waals surface area contributed by atoms with Crippen molar-refractivity contribution in [2.24, 2.45) is 0 Å². The van der Waals surface area contributed by atoms with Crippen LogP contribution >= 0.6 is 0 Å². The van der Waals surface area contributed by atoms with Gasteiger partial charge in [-0.15, -0.1) is 6.42 Å². The maximum absolute atomic E-state index is 12.9. The first-order valence-corrected chi connectivity index (χ1v) is 6.81. The molecule has 2 rings (SSSR count). The van der Waals surface area contributed by atoms with Gasteiger partial charge < -0.3 is 5.11 Å². The van der Waals surface area contributed by atoms with Gasteiger partial charge >= 0.3 is 0 Å². The van der Waals surface area contributed by atoms with Crippen LogP contribution in [-0.2, 0) is 0 Å². The van der Waals surface area contributed by atoms with Crippen molar-refractivity contribution in [1.82, 2.24) is 4.90 Å². The monoisotopic (exact) mass is 261 g/mol. The topological polar surface area (TPSA) is 23.5 Å². The molecule has 0 bridgehead atoms. The molecule has 1 aliphatic carbocycles. The van der Waals surface area contributed by atoms with Gasteiger partial charge in [-0.2, -0.15) is 0 Å². The third kappa shape index (κ3) is 3.79. The highest BCUT2D eigenvalue weighted by molar-refractivity contribution is 5.19. The number of aliphatic hydroxyl groups excluding tert-OH is 1. The molecule has 0 radical (unpaired) electrons. The van der Waals surface area contributed by atoms with Crippen molar-refractivity contribution in [1.29, 1.82) is 0 Å². The predicted octanol–water partition coefficient (Wildman–Crippen LogP) is 2.74. The molecule has 1 atom stereocenters. The maximum Gasteiger partial charge on any atom is 0.123 e. The van der Waals surface area contributed by atoms with Crippen molar-refractivity contribution in [2.75, 3.05) is 13.1 Å². The quantitative estimate of drug-likeness (QED) is 0.824. The number of aliphatic hydroxyl groups is 1. The third-order valence-corrected chi connectivity index (χ3v) is 3.80. The largest absolute Gasteiger partial charge is 0.387 e. The molecule has 3 heteroatoms. The Balaban J connectivity index is 1.99. The van der Waals surface area contributed by atoms with Crippen LogP contribution in [0.4, 0.5) is 4.39 Å². The number of halogens is 1. The van der Waals surface area contributed by atoms with Crippen LogP contribution < -0.4 is 0 Å². The zero-order valence-corrected chi connectivity index (χ0v) is 11.1. The van der Waals surface area contributed by atoms with Gasteiger partial charge in [0.2, 0.25) is 0 Å². The van der Waals surface area contributed by atoms with Gasteiger partial charge in [0.1, 0.15) is 5.82 Å². The minimum absolute atomic E-state index is 0.285. The molecule has 1 unspecified atom stereocenters. The molecule has 0 aromatic heterocycles. The normalized spacial score (nSPS) is 17.6. The second kappa shape index (κ2) is 6.70. The number of nitrogens with zero attached hydrogens (tertiary/aromatic N) is 1. The van der Waals surface area contributed by atoms with Crippen LogP contribution in [0, 0.1) is 18.2 Å². The second-order valence-electron chi connectivity index (χ2n) is 5.14. The Morgan fingerprint density at radius 1 is 1.32 bits per heavy atom. The summed E-state index contributed by atoms with van der Waals surface area (Å²) in [6.45, 7) is 1.07. The van der Waals surface area contributed by atoms with Crippen LogP contribution in [0.3, 0.4) is 0 Å². The summed E-state index contributed by atoms with van der Waals surface area (Å²) in [4.78, 5) is 2.17. The minimum Gasteiger partial charge on any atom is -0.387 e. The first kappa shape index (κ1) is 14.0. The average Bonchev–Trinajstić information content (AvgIpc) is 2.92. The molecule has 1 fully saturated rings. The van der Waals surface area contributed by atoms with Gasteiger partial charge in [0, 0.05) is 12.6 Å². The molecule has 1 N–H and O–H groups in total. The van der Waals surface area contributed by atoms with Crippen LogP contribution in [0.2, 0.25) is 0 Å². The van der Waals surface area contributed by atoms with E-state index >= 15 is 0 Å². The van der Waals surface area contributed by atoms with E-state index in [1.807, 2.05) is 0 Å². The predicted molar refractivity (Wildman–Crippen MR) is 74.0 cm³/mol. The van der Waals surface area contributed by atoms with E-state index < -0.39 is 6.10 Å². The van der Waals surface area contributed by atoms with E-state index in [9.17, 15) is 9.50 Å². The van der Waals surface area contributed by atoms with Crippen molar-refractivity contribution in [2.45, 2.75) is 37.8 Å². The van der Waals surface area contributed by atoms with Crippen LogP contribution in [-0.4, -0.2) is 29.1 Å². The van der Waals surface area contributed by atoms with Crippen molar-refractivity contribution in [3.8, 4) is 12.3 Å². The second-order valence-corrected chi connectivity index (χ2v) is 5.14. The highest BCUT2D eigenvalue weighted by Crippen LogP contribution is 2.25. The molecule has 102 valence electrons. The van der Waals surface area contributed by atoms with E-state index in [0.29, 0.717) is 19.1 Å². The van der Waals surface area contributed by atoms with Gasteiger partial charge in [-0.05, 0) is 30.5 Å². The fourth-order valence-corrected chi connectivity index (χ4v) is 2.74. The Labute approximate surface area is 114 Å². The molecule has 19 heavy (non-hydrogen) atoms. The molecule has 0 heterocycles. The van der Waals surface area contributed by atoms with Crippen LogP contribution in [0.1, 0.15) is 37.4 Å². The lowest BCUT2D eigenvalue weighted by atomic mass is 10.1. The molecular weight excluding hydrogens is 241 g/mol. The summed E-state index contributed by atoms with van der Waals surface area (Å²) >= 11 is 0. The zero-order chi connectivity index (χ0) is 13.7. The Morgan fingerprint density at radius 2 is 1.95 bits per heavy atom. The number of hydrogen-bond acceptors (Lipinski definition) is 2. The standard InChI is InChI=1S/C16H20FNO/c1-2-11-18(15-5-3-4-6-15)12-16(19)13-7-9-14(17)10-8-13/h1,7-10,15-16,19H,3-6,11-12H2. The number of rotatable bonds is 5. The van der Waals surface area contributed by atoms with Gasteiger partial charge in [0.15, 0.2) is 0 Å². The van der Waals surface area contributed by atoms with E-state index in [2.05, 4.69) is 10.8 Å². The first-order chi connectivity index (χ1) is 9.20. The summed E-state index contributed by atoms with van der Waals surface area (Å²) in [6, 6.07) is 6.48. The number of terminal acetylenes is 1. The molecule has 0 aliphatic heterocycles. The van der Waals surface area contributed by atoms with Crippen LogP contribution in [0.15, 0.2) is 24.3 Å². The number of hydrogen-bond donors (Lipinski definition) is 1. The van der Waals surface area contributed by atoms with E-state index in [-0.39, 0.29) is 5.82 Å². The Kier molecular flexibility index (Phi) is 4.95. The highest BCUT2D eigenvalue weighted by atomic mass is 19.1. The Hall–Kier alpha value is -1.37. The summed E-state index contributed by atoms with van der Waals surface area (Å²) in [5, 5.41) is 10.2. The first-order valence-electron chi connectivity index (χ1n) is 6.81. The van der Waals surface area contributed by atoms with Crippen molar-refractivity contribution in [3.63, 3.8) is 0 Å². The lowest BCUT2D eigenvalue weighted by Gasteiger charge is -2.29. The van der Waals surface area contributed by atoms with Gasteiger partial charge in [-0.25, -0.2) is 4.39 Å². The molecule has 1 saturated carbocycles. The summed E-state index contributed by atoms with van der Waals surface area (Å²) < 4.78 is 12.9. The van der Waals surface area contributed by atoms with Gasteiger partial charge in [-0.1, -0.05) is 30.9 Å². The zero-order valence-electron chi connectivity index (χ0n) is 11.1.